The van der Waals surface area contributed by atoms with Crippen LogP contribution in [0.3, 0.4) is 0 Å². The average Bonchev–Trinajstić information content (AvgIpc) is 2.61. The van der Waals surface area contributed by atoms with E-state index in [9.17, 15) is 5.11 Å². The first-order valence-corrected chi connectivity index (χ1v) is 9.81. The molecule has 24 heavy (non-hydrogen) atoms. The number of phenols is 1. The number of likely N-dealkylation sites (tertiary alicyclic amines) is 1. The smallest absolute Gasteiger partial charge is 0.115 e. The molecule has 1 aromatic rings. The molecule has 1 heterocycles. The Morgan fingerprint density at radius 3 is 2.42 bits per heavy atom. The zero-order valence-corrected chi connectivity index (χ0v) is 15.5. The molecule has 134 valence electrons. The van der Waals surface area contributed by atoms with Crippen molar-refractivity contribution >= 4 is 0 Å². The van der Waals surface area contributed by atoms with Gasteiger partial charge in [-0.05, 0) is 82.4 Å². The molecule has 0 aromatic heterocycles. The second-order valence-electron chi connectivity index (χ2n) is 8.09. The SMILES string of the molecule is CN(C)C1CCN(CC(c2cccc(O)c2)C2CCCCC2)CC1. The van der Waals surface area contributed by atoms with Crippen molar-refractivity contribution in [3.05, 3.63) is 29.8 Å². The Morgan fingerprint density at radius 2 is 1.79 bits per heavy atom. The fourth-order valence-electron chi connectivity index (χ4n) is 4.72. The van der Waals surface area contributed by atoms with E-state index in [1.165, 1.54) is 63.6 Å². The van der Waals surface area contributed by atoms with Crippen molar-refractivity contribution in [3.63, 3.8) is 0 Å². The lowest BCUT2D eigenvalue weighted by Crippen LogP contribution is -2.44. The molecule has 1 saturated carbocycles. The molecular formula is C21H34N2O. The van der Waals surface area contributed by atoms with Gasteiger partial charge in [0, 0.05) is 12.6 Å². The first kappa shape index (κ1) is 17.8. The molecule has 0 amide bonds. The first-order valence-electron chi connectivity index (χ1n) is 9.81. The van der Waals surface area contributed by atoms with Crippen LogP contribution in [0, 0.1) is 5.92 Å². The molecule has 0 radical (unpaired) electrons. The summed E-state index contributed by atoms with van der Waals surface area (Å²) in [6, 6.07) is 8.79. The lowest BCUT2D eigenvalue weighted by Gasteiger charge is -2.39. The van der Waals surface area contributed by atoms with Crippen molar-refractivity contribution in [1.82, 2.24) is 9.80 Å². The van der Waals surface area contributed by atoms with Crippen LogP contribution in [0.2, 0.25) is 0 Å². The Morgan fingerprint density at radius 1 is 1.08 bits per heavy atom. The lowest BCUT2D eigenvalue weighted by molar-refractivity contribution is 0.126. The highest BCUT2D eigenvalue weighted by Gasteiger charge is 2.29. The summed E-state index contributed by atoms with van der Waals surface area (Å²) in [6.45, 7) is 3.59. The molecule has 3 nitrogen and oxygen atoms in total. The third kappa shape index (κ3) is 4.52. The summed E-state index contributed by atoms with van der Waals surface area (Å²) in [6.07, 6.45) is 9.43. The summed E-state index contributed by atoms with van der Waals surface area (Å²) < 4.78 is 0. The van der Waals surface area contributed by atoms with Gasteiger partial charge in [-0.15, -0.1) is 0 Å². The van der Waals surface area contributed by atoms with Gasteiger partial charge >= 0.3 is 0 Å². The van der Waals surface area contributed by atoms with Crippen LogP contribution in [0.4, 0.5) is 0 Å². The first-order chi connectivity index (χ1) is 11.6. The molecule has 3 rings (SSSR count). The highest BCUT2D eigenvalue weighted by Crippen LogP contribution is 2.38. The predicted molar refractivity (Wildman–Crippen MR) is 101 cm³/mol. The van der Waals surface area contributed by atoms with Crippen LogP contribution < -0.4 is 0 Å². The molecule has 2 aliphatic rings. The second-order valence-corrected chi connectivity index (χ2v) is 8.09. The molecule has 1 aromatic carbocycles. The Bertz CT molecular complexity index is 502. The number of phenolic OH excluding ortho intramolecular Hbond substituents is 1. The Kier molecular flexibility index (Phi) is 6.18. The highest BCUT2D eigenvalue weighted by atomic mass is 16.3. The van der Waals surface area contributed by atoms with Crippen molar-refractivity contribution < 1.29 is 5.11 Å². The minimum Gasteiger partial charge on any atom is -0.508 e. The van der Waals surface area contributed by atoms with Gasteiger partial charge in [-0.3, -0.25) is 0 Å². The number of rotatable bonds is 5. The number of hydrogen-bond donors (Lipinski definition) is 1. The minimum absolute atomic E-state index is 0.416. The Labute approximate surface area is 147 Å². The molecule has 1 atom stereocenters. The summed E-state index contributed by atoms with van der Waals surface area (Å²) in [7, 11) is 4.41. The number of nitrogens with zero attached hydrogens (tertiary/aromatic N) is 2. The quantitative estimate of drug-likeness (QED) is 0.881. The molecule has 0 spiro atoms. The average molecular weight is 331 g/mol. The maximum absolute atomic E-state index is 9.94. The fraction of sp³-hybridized carbons (Fsp3) is 0.714. The van der Waals surface area contributed by atoms with Crippen molar-refractivity contribution in [2.75, 3.05) is 33.7 Å². The monoisotopic (exact) mass is 330 g/mol. The Hall–Kier alpha value is -1.06. The van der Waals surface area contributed by atoms with E-state index >= 15 is 0 Å². The zero-order valence-electron chi connectivity index (χ0n) is 15.5. The van der Waals surface area contributed by atoms with Crippen LogP contribution in [0.1, 0.15) is 56.4 Å². The molecule has 1 N–H and O–H groups in total. The van der Waals surface area contributed by atoms with Crippen LogP contribution in [0.15, 0.2) is 24.3 Å². The van der Waals surface area contributed by atoms with Gasteiger partial charge in [0.2, 0.25) is 0 Å². The molecule has 1 aliphatic carbocycles. The summed E-state index contributed by atoms with van der Waals surface area (Å²) in [5, 5.41) is 9.94. The second kappa shape index (κ2) is 8.35. The maximum Gasteiger partial charge on any atom is 0.115 e. The predicted octanol–water partition coefficient (Wildman–Crippen LogP) is 4.08. The van der Waals surface area contributed by atoms with Gasteiger partial charge in [-0.1, -0.05) is 31.4 Å². The largest absolute Gasteiger partial charge is 0.508 e. The molecule has 3 heteroatoms. The summed E-state index contributed by atoms with van der Waals surface area (Å²) >= 11 is 0. The third-order valence-electron chi connectivity index (χ3n) is 6.26. The van der Waals surface area contributed by atoms with Gasteiger partial charge < -0.3 is 14.9 Å². The fourth-order valence-corrected chi connectivity index (χ4v) is 4.72. The van der Waals surface area contributed by atoms with Crippen LogP contribution in [0.25, 0.3) is 0 Å². The van der Waals surface area contributed by atoms with Gasteiger partial charge in [-0.2, -0.15) is 0 Å². The molecular weight excluding hydrogens is 296 g/mol. The highest BCUT2D eigenvalue weighted by molar-refractivity contribution is 5.30. The topological polar surface area (TPSA) is 26.7 Å². The van der Waals surface area contributed by atoms with Crippen LogP contribution in [-0.2, 0) is 0 Å². The molecule has 1 aliphatic heterocycles. The number of piperidine rings is 1. The van der Waals surface area contributed by atoms with Gasteiger partial charge in [0.05, 0.1) is 0 Å². The molecule has 1 saturated heterocycles. The van der Waals surface area contributed by atoms with E-state index in [0.717, 1.165) is 18.5 Å². The molecule has 1 unspecified atom stereocenters. The zero-order chi connectivity index (χ0) is 16.9. The van der Waals surface area contributed by atoms with E-state index in [-0.39, 0.29) is 0 Å². The van der Waals surface area contributed by atoms with Crippen molar-refractivity contribution in [2.45, 2.75) is 56.9 Å². The van der Waals surface area contributed by atoms with Crippen molar-refractivity contribution in [2.24, 2.45) is 5.92 Å². The summed E-state index contributed by atoms with van der Waals surface area (Å²) in [4.78, 5) is 5.05. The van der Waals surface area contributed by atoms with E-state index in [4.69, 9.17) is 0 Å². The van der Waals surface area contributed by atoms with Gasteiger partial charge in [0.1, 0.15) is 5.75 Å². The lowest BCUT2D eigenvalue weighted by atomic mass is 9.76. The van der Waals surface area contributed by atoms with Crippen molar-refractivity contribution in [1.29, 1.82) is 0 Å². The third-order valence-corrected chi connectivity index (χ3v) is 6.26. The van der Waals surface area contributed by atoms with Gasteiger partial charge in [-0.25, -0.2) is 0 Å². The number of aromatic hydroxyl groups is 1. The van der Waals surface area contributed by atoms with Gasteiger partial charge in [0.15, 0.2) is 0 Å². The normalized spacial score (nSPS) is 22.8. The molecule has 2 fully saturated rings. The van der Waals surface area contributed by atoms with E-state index in [2.05, 4.69) is 30.0 Å². The van der Waals surface area contributed by atoms with Crippen LogP contribution in [0.5, 0.6) is 5.75 Å². The van der Waals surface area contributed by atoms with E-state index in [1.807, 2.05) is 12.1 Å². The van der Waals surface area contributed by atoms with Crippen molar-refractivity contribution in [3.8, 4) is 5.75 Å². The minimum atomic E-state index is 0.416. The van der Waals surface area contributed by atoms with Crippen LogP contribution >= 0.6 is 0 Å². The van der Waals surface area contributed by atoms with Crippen LogP contribution in [-0.4, -0.2) is 54.7 Å². The Balaban J connectivity index is 1.68. The number of benzene rings is 1. The summed E-state index contributed by atoms with van der Waals surface area (Å²) in [5.41, 5.74) is 1.34. The maximum atomic E-state index is 9.94. The van der Waals surface area contributed by atoms with Gasteiger partial charge in [0.25, 0.3) is 0 Å². The van der Waals surface area contributed by atoms with E-state index in [1.54, 1.807) is 6.07 Å². The van der Waals surface area contributed by atoms with E-state index < -0.39 is 0 Å². The number of hydrogen-bond acceptors (Lipinski definition) is 3. The standard InChI is InChI=1S/C21H34N2O/c1-22(2)19-11-13-23(14-12-19)16-21(17-7-4-3-5-8-17)18-9-6-10-20(24)15-18/h6,9-10,15,17,19,21,24H,3-5,7-8,11-14,16H2,1-2H3. The summed E-state index contributed by atoms with van der Waals surface area (Å²) in [5.74, 6) is 1.78. The van der Waals surface area contributed by atoms with E-state index in [0.29, 0.717) is 11.7 Å². The molecule has 0 bridgehead atoms.